The first kappa shape index (κ1) is 18.8. The zero-order valence-corrected chi connectivity index (χ0v) is 16.6. The van der Waals surface area contributed by atoms with Gasteiger partial charge in [-0.05, 0) is 49.8 Å². The highest BCUT2D eigenvalue weighted by Gasteiger charge is 2.29. The Kier molecular flexibility index (Phi) is 5.60. The molecule has 2 aromatic carbocycles. The molecule has 1 fully saturated rings. The summed E-state index contributed by atoms with van der Waals surface area (Å²) in [5.74, 6) is 0. The minimum atomic E-state index is -3.44. The molecule has 1 saturated heterocycles. The topological polar surface area (TPSA) is 52.6 Å². The van der Waals surface area contributed by atoms with Crippen LogP contribution in [0, 0.1) is 13.8 Å². The second-order valence-corrected chi connectivity index (χ2v) is 8.78. The summed E-state index contributed by atoms with van der Waals surface area (Å²) < 4.78 is 26.9. The lowest BCUT2D eigenvalue weighted by Crippen LogP contribution is -2.51. The summed E-state index contributed by atoms with van der Waals surface area (Å²) in [4.78, 5) is 2.36. The second kappa shape index (κ2) is 7.73. The standard InChI is InChI=1S/C19H23N3O2S2/c1-15-8-9-18(16(2)14-15)20-19(25)21-10-12-22(13-11-21)26(23,24)17-6-4-3-5-7-17/h3-9,14H,10-13H2,1-2H3,(H,20,25). The van der Waals surface area contributed by atoms with Gasteiger partial charge < -0.3 is 10.2 Å². The fraction of sp³-hybridized carbons (Fsp3) is 0.316. The Hall–Kier alpha value is -1.96. The molecule has 3 rings (SSSR count). The summed E-state index contributed by atoms with van der Waals surface area (Å²) in [6, 6.07) is 14.7. The number of nitrogens with zero attached hydrogens (tertiary/aromatic N) is 2. The minimum Gasteiger partial charge on any atom is -0.346 e. The van der Waals surface area contributed by atoms with E-state index in [1.807, 2.05) is 30.0 Å². The molecule has 0 aromatic heterocycles. The molecule has 0 amide bonds. The van der Waals surface area contributed by atoms with Crippen molar-refractivity contribution in [3.05, 3.63) is 59.7 Å². The average Bonchev–Trinajstić information content (AvgIpc) is 2.65. The van der Waals surface area contributed by atoms with Gasteiger partial charge in [-0.1, -0.05) is 35.9 Å². The molecule has 0 saturated carbocycles. The highest BCUT2D eigenvalue weighted by atomic mass is 32.2. The zero-order chi connectivity index (χ0) is 18.7. The zero-order valence-electron chi connectivity index (χ0n) is 15.0. The van der Waals surface area contributed by atoms with Crippen LogP contribution in [0.3, 0.4) is 0 Å². The molecule has 1 aliphatic rings. The molecule has 0 radical (unpaired) electrons. The van der Waals surface area contributed by atoms with Crippen molar-refractivity contribution in [3.63, 3.8) is 0 Å². The predicted molar refractivity (Wildman–Crippen MR) is 109 cm³/mol. The minimum absolute atomic E-state index is 0.337. The Balaban J connectivity index is 1.62. The SMILES string of the molecule is Cc1ccc(NC(=S)N2CCN(S(=O)(=O)c3ccccc3)CC2)c(C)c1. The van der Waals surface area contributed by atoms with Crippen molar-refractivity contribution in [1.82, 2.24) is 9.21 Å². The Bertz CT molecular complexity index is 890. The highest BCUT2D eigenvalue weighted by molar-refractivity contribution is 7.89. The van der Waals surface area contributed by atoms with Gasteiger partial charge in [-0.15, -0.1) is 0 Å². The Morgan fingerprint density at radius 1 is 1.00 bits per heavy atom. The molecule has 138 valence electrons. The van der Waals surface area contributed by atoms with Crippen molar-refractivity contribution in [2.45, 2.75) is 18.7 Å². The number of aryl methyl sites for hydroxylation is 2. The predicted octanol–water partition coefficient (Wildman–Crippen LogP) is 3.01. The van der Waals surface area contributed by atoms with Crippen molar-refractivity contribution >= 4 is 33.0 Å². The molecule has 0 aliphatic carbocycles. The summed E-state index contributed by atoms with van der Waals surface area (Å²) in [5.41, 5.74) is 3.33. The number of piperazine rings is 1. The normalized spacial score (nSPS) is 15.7. The van der Waals surface area contributed by atoms with Crippen LogP contribution in [0.15, 0.2) is 53.4 Å². The summed E-state index contributed by atoms with van der Waals surface area (Å²) in [7, 11) is -3.44. The van der Waals surface area contributed by atoms with Gasteiger partial charge in [0.15, 0.2) is 5.11 Å². The van der Waals surface area contributed by atoms with E-state index >= 15 is 0 Å². The summed E-state index contributed by atoms with van der Waals surface area (Å²) in [5, 5.41) is 3.91. The van der Waals surface area contributed by atoms with Crippen LogP contribution in [0.1, 0.15) is 11.1 Å². The second-order valence-electron chi connectivity index (χ2n) is 6.45. The third kappa shape index (κ3) is 4.06. The van der Waals surface area contributed by atoms with Crippen molar-refractivity contribution in [2.24, 2.45) is 0 Å². The molecule has 0 unspecified atom stereocenters. The van der Waals surface area contributed by atoms with Crippen LogP contribution in [0.2, 0.25) is 0 Å². The van der Waals surface area contributed by atoms with Gasteiger partial charge in [0.05, 0.1) is 4.90 Å². The quantitative estimate of drug-likeness (QED) is 0.818. The third-order valence-corrected chi connectivity index (χ3v) is 6.80. The first-order valence-corrected chi connectivity index (χ1v) is 10.4. The molecule has 1 heterocycles. The molecule has 0 atom stereocenters. The number of sulfonamides is 1. The fourth-order valence-corrected chi connectivity index (χ4v) is 4.76. The number of anilines is 1. The van der Waals surface area contributed by atoms with Crippen LogP contribution in [0.4, 0.5) is 5.69 Å². The van der Waals surface area contributed by atoms with E-state index < -0.39 is 10.0 Å². The smallest absolute Gasteiger partial charge is 0.243 e. The number of rotatable bonds is 3. The summed E-state index contributed by atoms with van der Waals surface area (Å²) >= 11 is 5.52. The first-order valence-electron chi connectivity index (χ1n) is 8.56. The van der Waals surface area contributed by atoms with Crippen molar-refractivity contribution in [1.29, 1.82) is 0 Å². The lowest BCUT2D eigenvalue weighted by Gasteiger charge is -2.35. The number of hydrogen-bond donors (Lipinski definition) is 1. The Morgan fingerprint density at radius 3 is 2.27 bits per heavy atom. The van der Waals surface area contributed by atoms with Crippen molar-refractivity contribution in [3.8, 4) is 0 Å². The van der Waals surface area contributed by atoms with Crippen LogP contribution >= 0.6 is 12.2 Å². The van der Waals surface area contributed by atoms with E-state index in [4.69, 9.17) is 12.2 Å². The lowest BCUT2D eigenvalue weighted by molar-refractivity contribution is 0.268. The van der Waals surface area contributed by atoms with Crippen molar-refractivity contribution in [2.75, 3.05) is 31.5 Å². The van der Waals surface area contributed by atoms with Crippen molar-refractivity contribution < 1.29 is 8.42 Å². The third-order valence-electron chi connectivity index (χ3n) is 4.53. The van der Waals surface area contributed by atoms with E-state index in [-0.39, 0.29) is 0 Å². The van der Waals surface area contributed by atoms with Gasteiger partial charge in [-0.25, -0.2) is 8.42 Å². The summed E-state index contributed by atoms with van der Waals surface area (Å²) in [6.07, 6.45) is 0. The maximum Gasteiger partial charge on any atom is 0.243 e. The Morgan fingerprint density at radius 2 is 1.65 bits per heavy atom. The monoisotopic (exact) mass is 389 g/mol. The maximum atomic E-state index is 12.7. The van der Waals surface area contributed by atoms with E-state index in [1.165, 1.54) is 9.87 Å². The maximum absolute atomic E-state index is 12.7. The molecular formula is C19H23N3O2S2. The molecule has 5 nitrogen and oxygen atoms in total. The van der Waals surface area contributed by atoms with Crippen LogP contribution in [0.5, 0.6) is 0 Å². The van der Waals surface area contributed by atoms with Crippen LogP contribution in [-0.2, 0) is 10.0 Å². The fourth-order valence-electron chi connectivity index (χ4n) is 3.02. The molecule has 7 heteroatoms. The van der Waals surface area contributed by atoms with Gasteiger partial charge in [-0.2, -0.15) is 4.31 Å². The van der Waals surface area contributed by atoms with E-state index in [9.17, 15) is 8.42 Å². The van der Waals surface area contributed by atoms with E-state index in [0.29, 0.717) is 36.2 Å². The molecule has 1 N–H and O–H groups in total. The Labute approximate surface area is 160 Å². The molecule has 0 spiro atoms. The number of nitrogens with one attached hydrogen (secondary N) is 1. The highest BCUT2D eigenvalue weighted by Crippen LogP contribution is 2.19. The lowest BCUT2D eigenvalue weighted by atomic mass is 10.1. The molecule has 2 aromatic rings. The molecule has 26 heavy (non-hydrogen) atoms. The van der Waals surface area contributed by atoms with E-state index in [0.717, 1.165) is 11.3 Å². The number of thiocarbonyl (C=S) groups is 1. The van der Waals surface area contributed by atoms with Crippen LogP contribution in [0.25, 0.3) is 0 Å². The van der Waals surface area contributed by atoms with Gasteiger partial charge in [0, 0.05) is 31.9 Å². The van der Waals surface area contributed by atoms with E-state index in [1.54, 1.807) is 24.3 Å². The molecule has 1 aliphatic heterocycles. The molecular weight excluding hydrogens is 366 g/mol. The van der Waals surface area contributed by atoms with Gasteiger partial charge in [0.25, 0.3) is 0 Å². The van der Waals surface area contributed by atoms with Gasteiger partial charge in [-0.3, -0.25) is 0 Å². The van der Waals surface area contributed by atoms with Gasteiger partial charge in [0.2, 0.25) is 10.0 Å². The van der Waals surface area contributed by atoms with Crippen LogP contribution < -0.4 is 5.32 Å². The van der Waals surface area contributed by atoms with Crippen LogP contribution in [-0.4, -0.2) is 48.9 Å². The largest absolute Gasteiger partial charge is 0.346 e. The average molecular weight is 390 g/mol. The number of benzene rings is 2. The number of hydrogen-bond acceptors (Lipinski definition) is 3. The van der Waals surface area contributed by atoms with Gasteiger partial charge >= 0.3 is 0 Å². The van der Waals surface area contributed by atoms with Gasteiger partial charge in [0.1, 0.15) is 0 Å². The summed E-state index contributed by atoms with van der Waals surface area (Å²) in [6.45, 7) is 6.09. The molecule has 0 bridgehead atoms. The first-order chi connectivity index (χ1) is 12.4. The van der Waals surface area contributed by atoms with E-state index in [2.05, 4.69) is 18.3 Å².